The van der Waals surface area contributed by atoms with E-state index in [1.54, 1.807) is 6.07 Å². The van der Waals surface area contributed by atoms with Crippen LogP contribution in [0, 0.1) is 21.4 Å². The maximum Gasteiger partial charge on any atom is 0.273 e. The molecule has 0 heterocycles. The maximum absolute atomic E-state index is 11.8. The van der Waals surface area contributed by atoms with Gasteiger partial charge < -0.3 is 15.4 Å². The number of rotatable bonds is 8. The number of non-ortho nitro benzene ring substituents is 1. The molecule has 0 radical (unpaired) electrons. The van der Waals surface area contributed by atoms with E-state index in [2.05, 4.69) is 10.6 Å². The van der Waals surface area contributed by atoms with E-state index in [0.29, 0.717) is 24.5 Å². The predicted octanol–water partition coefficient (Wildman–Crippen LogP) is 2.17. The molecular formula is C14H15ClN4O4. The Kier molecular flexibility index (Phi) is 7.36. The van der Waals surface area contributed by atoms with Gasteiger partial charge in [-0.1, -0.05) is 0 Å². The Morgan fingerprint density at radius 2 is 2.30 bits per heavy atom. The minimum Gasteiger partial charge on any atom is -0.494 e. The average molecular weight is 339 g/mol. The van der Waals surface area contributed by atoms with Gasteiger partial charge in [0.05, 0.1) is 23.8 Å². The van der Waals surface area contributed by atoms with Crippen molar-refractivity contribution in [2.45, 2.75) is 6.42 Å². The Morgan fingerprint density at radius 1 is 1.57 bits per heavy atom. The monoisotopic (exact) mass is 338 g/mol. The number of anilines is 1. The second-order valence-electron chi connectivity index (χ2n) is 4.25. The first kappa shape index (κ1) is 18.3. The number of carbonyl (C=O) groups excluding carboxylic acids is 1. The van der Waals surface area contributed by atoms with E-state index in [4.69, 9.17) is 21.6 Å². The van der Waals surface area contributed by atoms with Crippen LogP contribution in [-0.4, -0.2) is 30.4 Å². The quantitative estimate of drug-likeness (QED) is 0.187. The Labute approximate surface area is 137 Å². The second kappa shape index (κ2) is 9.27. The first-order chi connectivity index (χ1) is 11.0. The summed E-state index contributed by atoms with van der Waals surface area (Å²) in [5, 5.41) is 25.0. The van der Waals surface area contributed by atoms with Gasteiger partial charge in [0.15, 0.2) is 0 Å². The van der Waals surface area contributed by atoms with Gasteiger partial charge in [-0.2, -0.15) is 5.26 Å². The van der Waals surface area contributed by atoms with Crippen molar-refractivity contribution in [1.82, 2.24) is 5.32 Å². The molecule has 8 nitrogen and oxygen atoms in total. The summed E-state index contributed by atoms with van der Waals surface area (Å²) in [7, 11) is 1.36. The number of methoxy groups -OCH3 is 1. The average Bonchev–Trinajstić information content (AvgIpc) is 2.55. The lowest BCUT2D eigenvalue weighted by molar-refractivity contribution is -0.384. The highest BCUT2D eigenvalue weighted by Gasteiger charge is 2.12. The number of amides is 1. The molecular weight excluding hydrogens is 324 g/mol. The minimum atomic E-state index is -0.548. The zero-order valence-electron chi connectivity index (χ0n) is 12.3. The van der Waals surface area contributed by atoms with Gasteiger partial charge in [0.2, 0.25) is 0 Å². The first-order valence-electron chi connectivity index (χ1n) is 6.57. The van der Waals surface area contributed by atoms with Crippen molar-refractivity contribution in [1.29, 1.82) is 5.26 Å². The van der Waals surface area contributed by atoms with Crippen LogP contribution in [0.2, 0.25) is 0 Å². The van der Waals surface area contributed by atoms with Crippen molar-refractivity contribution in [2.75, 3.05) is 24.9 Å². The summed E-state index contributed by atoms with van der Waals surface area (Å²) in [4.78, 5) is 21.9. The van der Waals surface area contributed by atoms with E-state index >= 15 is 0 Å². The number of halogens is 1. The number of nitriles is 1. The van der Waals surface area contributed by atoms with E-state index in [9.17, 15) is 14.9 Å². The molecule has 23 heavy (non-hydrogen) atoms. The normalized spacial score (nSPS) is 10.6. The highest BCUT2D eigenvalue weighted by molar-refractivity contribution is 6.17. The summed E-state index contributed by atoms with van der Waals surface area (Å²) < 4.78 is 5.05. The number of carbonyl (C=O) groups is 1. The molecule has 0 atom stereocenters. The summed E-state index contributed by atoms with van der Waals surface area (Å²) in [5.74, 6) is 0.0886. The number of nitrogens with one attached hydrogen (secondary N) is 2. The topological polar surface area (TPSA) is 117 Å². The van der Waals surface area contributed by atoms with Gasteiger partial charge in [-0.15, -0.1) is 11.6 Å². The van der Waals surface area contributed by atoms with Crippen LogP contribution in [0.5, 0.6) is 5.75 Å². The lowest BCUT2D eigenvalue weighted by Gasteiger charge is -2.08. The Morgan fingerprint density at radius 3 is 2.87 bits per heavy atom. The number of benzene rings is 1. The third-order valence-corrected chi connectivity index (χ3v) is 3.00. The van der Waals surface area contributed by atoms with Gasteiger partial charge in [-0.05, 0) is 12.5 Å². The molecule has 0 spiro atoms. The third kappa shape index (κ3) is 5.48. The van der Waals surface area contributed by atoms with Gasteiger partial charge in [-0.3, -0.25) is 14.9 Å². The van der Waals surface area contributed by atoms with Crippen LogP contribution in [0.25, 0.3) is 0 Å². The number of nitro groups is 1. The van der Waals surface area contributed by atoms with Crippen molar-refractivity contribution in [3.05, 3.63) is 40.1 Å². The minimum absolute atomic E-state index is 0.129. The number of ether oxygens (including phenoxy) is 1. The molecule has 1 amide bonds. The fourth-order valence-corrected chi connectivity index (χ4v) is 1.71. The van der Waals surface area contributed by atoms with E-state index in [1.807, 2.05) is 0 Å². The molecule has 0 aliphatic carbocycles. The van der Waals surface area contributed by atoms with Gasteiger partial charge in [-0.25, -0.2) is 0 Å². The molecule has 1 rings (SSSR count). The number of hydrogen-bond acceptors (Lipinski definition) is 6. The Balaban J connectivity index is 2.87. The van der Waals surface area contributed by atoms with Crippen LogP contribution in [0.4, 0.5) is 11.4 Å². The van der Waals surface area contributed by atoms with Crippen molar-refractivity contribution >= 4 is 28.9 Å². The zero-order chi connectivity index (χ0) is 17.2. The fourth-order valence-electron chi connectivity index (χ4n) is 1.58. The molecule has 0 fully saturated rings. The first-order valence-corrected chi connectivity index (χ1v) is 7.10. The molecule has 0 unspecified atom stereocenters. The van der Waals surface area contributed by atoms with Crippen LogP contribution in [-0.2, 0) is 4.79 Å². The van der Waals surface area contributed by atoms with Crippen molar-refractivity contribution in [3.63, 3.8) is 0 Å². The molecule has 9 heteroatoms. The van der Waals surface area contributed by atoms with Gasteiger partial charge >= 0.3 is 0 Å². The summed E-state index contributed by atoms with van der Waals surface area (Å²) in [6, 6.07) is 5.72. The largest absolute Gasteiger partial charge is 0.494 e. The highest BCUT2D eigenvalue weighted by Crippen LogP contribution is 2.29. The second-order valence-corrected chi connectivity index (χ2v) is 4.63. The molecule has 0 aliphatic rings. The summed E-state index contributed by atoms with van der Waals surface area (Å²) in [6.07, 6.45) is 1.80. The summed E-state index contributed by atoms with van der Waals surface area (Å²) >= 11 is 5.50. The van der Waals surface area contributed by atoms with Gasteiger partial charge in [0.25, 0.3) is 11.6 Å². The molecule has 1 aromatic rings. The zero-order valence-corrected chi connectivity index (χ0v) is 13.1. The van der Waals surface area contributed by atoms with Crippen molar-refractivity contribution < 1.29 is 14.5 Å². The van der Waals surface area contributed by atoms with Gasteiger partial charge in [0, 0.05) is 24.7 Å². The van der Waals surface area contributed by atoms with Crippen LogP contribution in [0.1, 0.15) is 6.42 Å². The predicted molar refractivity (Wildman–Crippen MR) is 85.3 cm³/mol. The van der Waals surface area contributed by atoms with E-state index in [0.717, 1.165) is 0 Å². The molecule has 0 aliphatic heterocycles. The highest BCUT2D eigenvalue weighted by atomic mass is 35.5. The van der Waals surface area contributed by atoms with Gasteiger partial charge in [0.1, 0.15) is 17.4 Å². The van der Waals surface area contributed by atoms with E-state index in [-0.39, 0.29) is 17.0 Å². The smallest absolute Gasteiger partial charge is 0.273 e. The fraction of sp³-hybridized carbons (Fsp3) is 0.286. The lowest BCUT2D eigenvalue weighted by Crippen LogP contribution is -2.26. The molecule has 0 aromatic heterocycles. The number of nitro benzene ring substituents is 1. The van der Waals surface area contributed by atoms with Crippen molar-refractivity contribution in [3.8, 4) is 11.8 Å². The summed E-state index contributed by atoms with van der Waals surface area (Å²) in [5.41, 5.74) is 0.120. The van der Waals surface area contributed by atoms with Crippen LogP contribution >= 0.6 is 11.6 Å². The van der Waals surface area contributed by atoms with E-state index < -0.39 is 10.8 Å². The van der Waals surface area contributed by atoms with Crippen LogP contribution in [0.15, 0.2) is 30.0 Å². The molecule has 2 N–H and O–H groups in total. The molecule has 122 valence electrons. The molecule has 0 saturated heterocycles. The standard InChI is InChI=1S/C14H15ClN4O4/c1-23-13-7-11(19(21)22)3-4-12(13)18-9-10(8-16)14(20)17-6-2-5-15/h3-4,7,9,18H,2,5-6H2,1H3,(H,17,20)/b10-9-. The number of hydrogen-bond donors (Lipinski definition) is 2. The molecule has 0 bridgehead atoms. The Bertz CT molecular complexity index is 655. The summed E-state index contributed by atoms with van der Waals surface area (Å²) in [6.45, 7) is 0.363. The van der Waals surface area contributed by atoms with Crippen molar-refractivity contribution in [2.24, 2.45) is 0 Å². The number of alkyl halides is 1. The van der Waals surface area contributed by atoms with E-state index in [1.165, 1.54) is 31.5 Å². The Hall–Kier alpha value is -2.79. The van der Waals surface area contributed by atoms with Crippen LogP contribution in [0.3, 0.4) is 0 Å². The maximum atomic E-state index is 11.8. The SMILES string of the molecule is COc1cc([N+](=O)[O-])ccc1N/C=C(/C#N)C(=O)NCCCCl. The molecule has 1 aromatic carbocycles. The number of nitrogens with zero attached hydrogens (tertiary/aromatic N) is 2. The lowest BCUT2D eigenvalue weighted by atomic mass is 10.2. The van der Waals surface area contributed by atoms with Crippen LogP contribution < -0.4 is 15.4 Å². The third-order valence-electron chi connectivity index (χ3n) is 2.73. The molecule has 0 saturated carbocycles.